The van der Waals surface area contributed by atoms with Crippen LogP contribution in [0.3, 0.4) is 0 Å². The molecule has 1 aliphatic rings. The molecule has 0 aromatic heterocycles. The summed E-state index contributed by atoms with van der Waals surface area (Å²) in [6.07, 6.45) is 2.48. The second-order valence-electron chi connectivity index (χ2n) is 7.24. The van der Waals surface area contributed by atoms with Gasteiger partial charge in [-0.1, -0.05) is 18.5 Å². The molecule has 2 aromatic carbocycles. The minimum atomic E-state index is -4.06. The molecule has 2 aromatic rings. The average molecular weight is 458 g/mol. The summed E-state index contributed by atoms with van der Waals surface area (Å²) < 4.78 is 32.3. The van der Waals surface area contributed by atoms with Crippen LogP contribution in [0.5, 0.6) is 5.75 Å². The molecule has 1 fully saturated rings. The molecule has 4 N–H and O–H groups in total. The Balaban J connectivity index is 1.91. The van der Waals surface area contributed by atoms with Crippen LogP contribution in [0.1, 0.15) is 33.1 Å². The molecule has 1 saturated heterocycles. The smallest absolute Gasteiger partial charge is 0.253 e. The maximum atomic E-state index is 12.2. The highest BCUT2D eigenvalue weighted by Crippen LogP contribution is 2.38. The lowest BCUT2D eigenvalue weighted by atomic mass is 10.0. The van der Waals surface area contributed by atoms with Crippen molar-refractivity contribution in [2.45, 2.75) is 56.3 Å². The van der Waals surface area contributed by atoms with Gasteiger partial charge < -0.3 is 20.5 Å². The van der Waals surface area contributed by atoms with Crippen molar-refractivity contribution < 1.29 is 18.3 Å². The number of halogens is 1. The molecule has 3 rings (SSSR count). The minimum Gasteiger partial charge on any atom is -0.504 e. The monoisotopic (exact) mass is 457 g/mol. The van der Waals surface area contributed by atoms with E-state index in [-0.39, 0.29) is 40.3 Å². The Morgan fingerprint density at radius 2 is 1.90 bits per heavy atom. The third-order valence-corrected chi connectivity index (χ3v) is 7.19. The van der Waals surface area contributed by atoms with Gasteiger partial charge in [0.2, 0.25) is 10.0 Å². The molecular weight excluding hydrogens is 434 g/mol. The van der Waals surface area contributed by atoms with Crippen molar-refractivity contribution in [3.63, 3.8) is 0 Å². The van der Waals surface area contributed by atoms with Crippen LogP contribution in [0.4, 0.5) is 17.1 Å². The van der Waals surface area contributed by atoms with Crippen molar-refractivity contribution in [1.82, 2.24) is 4.72 Å². The maximum Gasteiger partial charge on any atom is 0.253 e. The standard InChI is InChI=1S/C19H24ClN3O6S/c1-4-11(13-8-5-9(2)29-13)22-14-15(18(26)17(14)25)23-12-7-6-10(20)19(16(12)24)30(27,28)21-3/h6-7,9,11,13,21-24H,4-5,8H2,1-3H3/t9-,11-,13-/m1/s1. The van der Waals surface area contributed by atoms with E-state index in [1.165, 1.54) is 19.2 Å². The molecule has 0 spiro atoms. The largest absolute Gasteiger partial charge is 0.504 e. The summed E-state index contributed by atoms with van der Waals surface area (Å²) in [5, 5.41) is 16.0. The van der Waals surface area contributed by atoms with Crippen LogP contribution in [-0.4, -0.2) is 38.8 Å². The molecule has 9 nitrogen and oxygen atoms in total. The molecule has 1 aliphatic heterocycles. The van der Waals surface area contributed by atoms with Gasteiger partial charge in [0.05, 0.1) is 29.0 Å². The zero-order valence-electron chi connectivity index (χ0n) is 16.8. The van der Waals surface area contributed by atoms with Crippen molar-refractivity contribution in [3.8, 4) is 5.75 Å². The summed E-state index contributed by atoms with van der Waals surface area (Å²) in [4.78, 5) is 23.8. The lowest BCUT2D eigenvalue weighted by Gasteiger charge is -2.26. The fourth-order valence-corrected chi connectivity index (χ4v) is 4.91. The van der Waals surface area contributed by atoms with Gasteiger partial charge in [0.25, 0.3) is 10.9 Å². The maximum absolute atomic E-state index is 12.2. The second kappa shape index (κ2) is 8.54. The lowest BCUT2D eigenvalue weighted by Crippen LogP contribution is -2.42. The van der Waals surface area contributed by atoms with Gasteiger partial charge in [-0.2, -0.15) is 0 Å². The number of phenols is 1. The number of phenolic OH excluding ortho intramolecular Hbond substituents is 1. The van der Waals surface area contributed by atoms with E-state index in [0.29, 0.717) is 6.42 Å². The van der Waals surface area contributed by atoms with E-state index in [1.54, 1.807) is 0 Å². The van der Waals surface area contributed by atoms with Crippen LogP contribution in [0.15, 0.2) is 26.6 Å². The first-order valence-corrected chi connectivity index (χ1v) is 11.4. The number of hydrogen-bond donors (Lipinski definition) is 4. The summed E-state index contributed by atoms with van der Waals surface area (Å²) >= 11 is 5.94. The van der Waals surface area contributed by atoms with E-state index in [1.807, 2.05) is 13.8 Å². The topological polar surface area (TPSA) is 134 Å². The highest BCUT2D eigenvalue weighted by atomic mass is 35.5. The summed E-state index contributed by atoms with van der Waals surface area (Å²) in [6, 6.07) is 2.43. The Labute approximate surface area is 179 Å². The van der Waals surface area contributed by atoms with E-state index < -0.39 is 31.5 Å². The number of anilines is 3. The van der Waals surface area contributed by atoms with Gasteiger partial charge in [0.15, 0.2) is 5.75 Å². The van der Waals surface area contributed by atoms with Crippen molar-refractivity contribution in [1.29, 1.82) is 0 Å². The van der Waals surface area contributed by atoms with Crippen LogP contribution >= 0.6 is 11.6 Å². The van der Waals surface area contributed by atoms with Crippen molar-refractivity contribution in [3.05, 3.63) is 37.6 Å². The summed E-state index contributed by atoms with van der Waals surface area (Å²) in [7, 11) is -2.87. The Morgan fingerprint density at radius 3 is 2.47 bits per heavy atom. The molecule has 11 heteroatoms. The third-order valence-electron chi connectivity index (χ3n) is 5.27. The molecule has 0 bridgehead atoms. The summed E-state index contributed by atoms with van der Waals surface area (Å²) in [5.41, 5.74) is -1.47. The molecule has 0 radical (unpaired) electrons. The number of ether oxygens (including phenoxy) is 1. The van der Waals surface area contributed by atoms with Crippen molar-refractivity contribution in [2.75, 3.05) is 17.7 Å². The normalized spacial score (nSPS) is 20.4. The zero-order valence-corrected chi connectivity index (χ0v) is 18.4. The SMILES string of the molecule is CC[C@@H](Nc1c(Nc2ccc(Cl)c(S(=O)(=O)NC)c2O)c(=O)c1=O)[C@H]1CC[C@@H](C)O1. The minimum absolute atomic E-state index is 0.0464. The molecule has 1 heterocycles. The summed E-state index contributed by atoms with van der Waals surface area (Å²) in [6.45, 7) is 3.93. The van der Waals surface area contributed by atoms with E-state index in [4.69, 9.17) is 16.3 Å². The van der Waals surface area contributed by atoms with Gasteiger partial charge in [-0.3, -0.25) is 9.59 Å². The molecule has 164 valence electrons. The average Bonchev–Trinajstić information content (AvgIpc) is 3.14. The van der Waals surface area contributed by atoms with Gasteiger partial charge in [0, 0.05) is 0 Å². The van der Waals surface area contributed by atoms with E-state index in [2.05, 4.69) is 15.4 Å². The highest BCUT2D eigenvalue weighted by Gasteiger charge is 2.32. The highest BCUT2D eigenvalue weighted by molar-refractivity contribution is 7.89. The van der Waals surface area contributed by atoms with Crippen LogP contribution in [0.2, 0.25) is 5.02 Å². The van der Waals surface area contributed by atoms with Gasteiger partial charge in [-0.25, -0.2) is 13.1 Å². The fraction of sp³-hybridized carbons (Fsp3) is 0.474. The number of sulfonamides is 1. The first kappa shape index (κ1) is 22.5. The van der Waals surface area contributed by atoms with Crippen molar-refractivity contribution in [2.24, 2.45) is 0 Å². The van der Waals surface area contributed by atoms with Crippen molar-refractivity contribution >= 4 is 38.7 Å². The van der Waals surface area contributed by atoms with Crippen LogP contribution in [-0.2, 0) is 14.8 Å². The van der Waals surface area contributed by atoms with E-state index in [0.717, 1.165) is 12.8 Å². The molecule has 0 amide bonds. The fourth-order valence-electron chi connectivity index (χ4n) is 3.56. The number of nitrogens with one attached hydrogen (secondary N) is 3. The second-order valence-corrected chi connectivity index (χ2v) is 9.47. The molecule has 0 aliphatic carbocycles. The third kappa shape index (κ3) is 4.04. The number of hydrogen-bond acceptors (Lipinski definition) is 8. The van der Waals surface area contributed by atoms with Crippen LogP contribution in [0.25, 0.3) is 0 Å². The van der Waals surface area contributed by atoms with Gasteiger partial charge in [-0.15, -0.1) is 0 Å². The zero-order chi connectivity index (χ0) is 22.2. The number of rotatable bonds is 8. The summed E-state index contributed by atoms with van der Waals surface area (Å²) in [5.74, 6) is -0.657. The Bertz CT molecular complexity index is 1130. The molecule has 0 saturated carbocycles. The lowest BCUT2D eigenvalue weighted by molar-refractivity contribution is 0.0438. The van der Waals surface area contributed by atoms with E-state index in [9.17, 15) is 23.1 Å². The van der Waals surface area contributed by atoms with E-state index >= 15 is 0 Å². The predicted octanol–water partition coefficient (Wildman–Crippen LogP) is 2.05. The first-order chi connectivity index (χ1) is 14.1. The van der Waals surface area contributed by atoms with Gasteiger partial charge in [-0.05, 0) is 45.4 Å². The quantitative estimate of drug-likeness (QED) is 0.349. The molecular formula is C19H24ClN3O6S. The van der Waals surface area contributed by atoms with Crippen LogP contribution < -0.4 is 26.2 Å². The Kier molecular flexibility index (Phi) is 6.42. The first-order valence-electron chi connectivity index (χ1n) is 9.58. The predicted molar refractivity (Wildman–Crippen MR) is 115 cm³/mol. The number of aromatic hydroxyl groups is 1. The number of benzene rings is 1. The molecule has 3 atom stereocenters. The van der Waals surface area contributed by atoms with Crippen LogP contribution in [0, 0.1) is 0 Å². The Hall–Kier alpha value is -2.14. The molecule has 30 heavy (non-hydrogen) atoms. The Morgan fingerprint density at radius 1 is 1.23 bits per heavy atom. The van der Waals surface area contributed by atoms with Gasteiger partial charge in [0.1, 0.15) is 16.3 Å². The van der Waals surface area contributed by atoms with Gasteiger partial charge >= 0.3 is 0 Å². The molecule has 0 unspecified atom stereocenters.